The van der Waals surface area contributed by atoms with Crippen LogP contribution in [-0.4, -0.2) is 49.6 Å². The number of piperidine rings is 1. The molecule has 4 heteroatoms. The number of hydrogen-bond acceptors (Lipinski definition) is 3. The van der Waals surface area contributed by atoms with E-state index in [1.807, 2.05) is 12.1 Å². The van der Waals surface area contributed by atoms with Crippen molar-refractivity contribution in [3.63, 3.8) is 0 Å². The average Bonchev–Trinajstić information content (AvgIpc) is 2.62. The van der Waals surface area contributed by atoms with Crippen molar-refractivity contribution < 1.29 is 4.79 Å². The molecule has 0 spiro atoms. The van der Waals surface area contributed by atoms with Gasteiger partial charge < -0.3 is 15.1 Å². The van der Waals surface area contributed by atoms with E-state index in [0.29, 0.717) is 6.04 Å². The number of amides is 1. The van der Waals surface area contributed by atoms with E-state index in [1.54, 1.807) is 0 Å². The zero-order chi connectivity index (χ0) is 15.4. The summed E-state index contributed by atoms with van der Waals surface area (Å²) in [6, 6.07) is 8.61. The molecule has 3 rings (SSSR count). The first-order valence-electron chi connectivity index (χ1n) is 8.66. The number of benzene rings is 1. The van der Waals surface area contributed by atoms with Gasteiger partial charge in [-0.2, -0.15) is 0 Å². The highest BCUT2D eigenvalue weighted by Gasteiger charge is 2.26. The largest absolute Gasteiger partial charge is 0.369 e. The van der Waals surface area contributed by atoms with Crippen LogP contribution in [0, 0.1) is 0 Å². The molecule has 2 aliphatic heterocycles. The number of anilines is 1. The summed E-state index contributed by atoms with van der Waals surface area (Å²) in [7, 11) is 0. The van der Waals surface area contributed by atoms with E-state index in [1.165, 1.54) is 12.1 Å². The minimum Gasteiger partial charge on any atom is -0.369 e. The first-order chi connectivity index (χ1) is 10.8. The summed E-state index contributed by atoms with van der Waals surface area (Å²) >= 11 is 0. The van der Waals surface area contributed by atoms with Gasteiger partial charge in [-0.15, -0.1) is 0 Å². The molecule has 0 radical (unpaired) electrons. The third-order valence-electron chi connectivity index (χ3n) is 4.93. The first-order valence-corrected chi connectivity index (χ1v) is 8.66. The van der Waals surface area contributed by atoms with Gasteiger partial charge >= 0.3 is 0 Å². The molecule has 22 heavy (non-hydrogen) atoms. The normalized spacial score (nSPS) is 22.7. The molecule has 2 fully saturated rings. The van der Waals surface area contributed by atoms with Gasteiger partial charge in [0.2, 0.25) is 0 Å². The molecule has 4 nitrogen and oxygen atoms in total. The fourth-order valence-electron chi connectivity index (χ4n) is 3.62. The Hall–Kier alpha value is -1.55. The van der Waals surface area contributed by atoms with E-state index < -0.39 is 0 Å². The molecule has 1 aromatic rings. The van der Waals surface area contributed by atoms with Crippen LogP contribution in [0.4, 0.5) is 5.69 Å². The van der Waals surface area contributed by atoms with Crippen molar-refractivity contribution in [2.75, 3.05) is 37.6 Å². The maximum Gasteiger partial charge on any atom is 0.254 e. The van der Waals surface area contributed by atoms with Crippen molar-refractivity contribution in [1.82, 2.24) is 10.2 Å². The van der Waals surface area contributed by atoms with E-state index in [-0.39, 0.29) is 5.91 Å². The van der Waals surface area contributed by atoms with Gasteiger partial charge in [0.1, 0.15) is 0 Å². The van der Waals surface area contributed by atoms with Gasteiger partial charge in [-0.05, 0) is 43.9 Å². The topological polar surface area (TPSA) is 35.6 Å². The van der Waals surface area contributed by atoms with Crippen LogP contribution in [0.1, 0.15) is 43.0 Å². The van der Waals surface area contributed by atoms with Crippen LogP contribution in [0.5, 0.6) is 0 Å². The van der Waals surface area contributed by atoms with Crippen LogP contribution in [0.2, 0.25) is 0 Å². The Morgan fingerprint density at radius 3 is 2.82 bits per heavy atom. The van der Waals surface area contributed by atoms with Gasteiger partial charge in [0, 0.05) is 50.0 Å². The second-order valence-electron chi connectivity index (χ2n) is 6.34. The highest BCUT2D eigenvalue weighted by molar-refractivity contribution is 5.95. The standard InChI is InChI=1S/C18H27N3O/c1-2-16-7-3-4-11-21(16)18(22)15-6-5-8-17(14-15)20-12-9-19-10-13-20/h5-6,8,14,16,19H,2-4,7,9-13H2,1H3. The number of hydrogen-bond donors (Lipinski definition) is 1. The van der Waals surface area contributed by atoms with Gasteiger partial charge in [0.05, 0.1) is 0 Å². The Morgan fingerprint density at radius 2 is 2.05 bits per heavy atom. The van der Waals surface area contributed by atoms with Crippen LogP contribution in [0.15, 0.2) is 24.3 Å². The van der Waals surface area contributed by atoms with Crippen LogP contribution < -0.4 is 10.2 Å². The molecule has 2 heterocycles. The van der Waals surface area contributed by atoms with Crippen molar-refractivity contribution in [1.29, 1.82) is 0 Å². The van der Waals surface area contributed by atoms with E-state index >= 15 is 0 Å². The number of rotatable bonds is 3. The van der Waals surface area contributed by atoms with Crippen LogP contribution in [0.25, 0.3) is 0 Å². The zero-order valence-corrected chi connectivity index (χ0v) is 13.6. The van der Waals surface area contributed by atoms with Crippen molar-refractivity contribution in [2.24, 2.45) is 0 Å². The SMILES string of the molecule is CCC1CCCCN1C(=O)c1cccc(N2CCNCC2)c1. The Labute approximate surface area is 133 Å². The Bertz CT molecular complexity index is 511. The molecule has 120 valence electrons. The summed E-state index contributed by atoms with van der Waals surface area (Å²) in [4.78, 5) is 17.4. The maximum atomic E-state index is 12.9. The first kappa shape index (κ1) is 15.3. The summed E-state index contributed by atoms with van der Waals surface area (Å²) in [5.74, 6) is 0.212. The molecule has 1 atom stereocenters. The molecule has 2 saturated heterocycles. The molecular weight excluding hydrogens is 274 g/mol. The molecule has 0 aliphatic carbocycles. The zero-order valence-electron chi connectivity index (χ0n) is 13.6. The van der Waals surface area contributed by atoms with Gasteiger partial charge in [-0.3, -0.25) is 4.79 Å². The van der Waals surface area contributed by atoms with Gasteiger partial charge in [0.15, 0.2) is 0 Å². The average molecular weight is 301 g/mol. The third kappa shape index (κ3) is 3.27. The monoisotopic (exact) mass is 301 g/mol. The number of likely N-dealkylation sites (tertiary alicyclic amines) is 1. The molecule has 2 aliphatic rings. The minimum absolute atomic E-state index is 0.212. The minimum atomic E-state index is 0.212. The lowest BCUT2D eigenvalue weighted by Gasteiger charge is -2.35. The number of nitrogens with one attached hydrogen (secondary N) is 1. The second kappa shape index (κ2) is 7.14. The van der Waals surface area contributed by atoms with E-state index in [9.17, 15) is 4.79 Å². The number of carbonyl (C=O) groups excluding carboxylic acids is 1. The van der Waals surface area contributed by atoms with Crippen molar-refractivity contribution in [3.05, 3.63) is 29.8 Å². The van der Waals surface area contributed by atoms with Crippen molar-refractivity contribution >= 4 is 11.6 Å². The molecule has 1 N–H and O–H groups in total. The lowest BCUT2D eigenvalue weighted by Crippen LogP contribution is -2.44. The van der Waals surface area contributed by atoms with Crippen LogP contribution in [-0.2, 0) is 0 Å². The van der Waals surface area contributed by atoms with Gasteiger partial charge in [-0.1, -0.05) is 13.0 Å². The van der Waals surface area contributed by atoms with E-state index in [4.69, 9.17) is 0 Å². The predicted molar refractivity (Wildman–Crippen MR) is 90.5 cm³/mol. The lowest BCUT2D eigenvalue weighted by molar-refractivity contribution is 0.0608. The fraction of sp³-hybridized carbons (Fsp3) is 0.611. The Kier molecular flexibility index (Phi) is 4.98. The highest BCUT2D eigenvalue weighted by atomic mass is 16.2. The molecule has 1 amide bonds. The third-order valence-corrected chi connectivity index (χ3v) is 4.93. The summed E-state index contributed by atoms with van der Waals surface area (Å²) in [5, 5.41) is 3.37. The summed E-state index contributed by atoms with van der Waals surface area (Å²) in [5.41, 5.74) is 2.02. The Morgan fingerprint density at radius 1 is 1.23 bits per heavy atom. The molecular formula is C18H27N3O. The number of piperazine rings is 1. The van der Waals surface area contributed by atoms with E-state index in [2.05, 4.69) is 34.2 Å². The molecule has 0 aromatic heterocycles. The molecule has 1 aromatic carbocycles. The van der Waals surface area contributed by atoms with Crippen LogP contribution in [0.3, 0.4) is 0 Å². The summed E-state index contributed by atoms with van der Waals surface area (Å²) in [6.07, 6.45) is 4.60. The second-order valence-corrected chi connectivity index (χ2v) is 6.34. The van der Waals surface area contributed by atoms with Crippen molar-refractivity contribution in [2.45, 2.75) is 38.6 Å². The maximum absolute atomic E-state index is 12.9. The quantitative estimate of drug-likeness (QED) is 0.932. The highest BCUT2D eigenvalue weighted by Crippen LogP contribution is 2.24. The van der Waals surface area contributed by atoms with Crippen molar-refractivity contribution in [3.8, 4) is 0 Å². The number of nitrogens with zero attached hydrogens (tertiary/aromatic N) is 2. The number of carbonyl (C=O) groups is 1. The summed E-state index contributed by atoms with van der Waals surface area (Å²) in [6.45, 7) is 7.16. The van der Waals surface area contributed by atoms with E-state index in [0.717, 1.165) is 57.5 Å². The molecule has 0 saturated carbocycles. The predicted octanol–water partition coefficient (Wildman–Crippen LogP) is 2.50. The fourth-order valence-corrected chi connectivity index (χ4v) is 3.62. The smallest absolute Gasteiger partial charge is 0.254 e. The molecule has 1 unspecified atom stereocenters. The van der Waals surface area contributed by atoms with Gasteiger partial charge in [0.25, 0.3) is 5.91 Å². The lowest BCUT2D eigenvalue weighted by atomic mass is 9.98. The Balaban J connectivity index is 1.77. The van der Waals surface area contributed by atoms with Crippen LogP contribution >= 0.6 is 0 Å². The summed E-state index contributed by atoms with van der Waals surface area (Å²) < 4.78 is 0. The molecule has 0 bridgehead atoms. The van der Waals surface area contributed by atoms with Gasteiger partial charge in [-0.25, -0.2) is 0 Å².